The number of rotatable bonds is 6. The number of sulfonamides is 1. The lowest BCUT2D eigenvalue weighted by Crippen LogP contribution is -2.43. The van der Waals surface area contributed by atoms with Gasteiger partial charge in [-0.05, 0) is 55.5 Å². The molecule has 4 rings (SSSR count). The molecule has 2 saturated heterocycles. The summed E-state index contributed by atoms with van der Waals surface area (Å²) in [5.41, 5.74) is 1.56. The molecule has 0 spiro atoms. The van der Waals surface area contributed by atoms with Crippen molar-refractivity contribution in [3.8, 4) is 0 Å². The van der Waals surface area contributed by atoms with Gasteiger partial charge in [-0.1, -0.05) is 30.3 Å². The van der Waals surface area contributed by atoms with Crippen molar-refractivity contribution in [2.75, 3.05) is 31.5 Å². The number of nitrogens with zero attached hydrogens (tertiary/aromatic N) is 2. The van der Waals surface area contributed by atoms with E-state index in [0.29, 0.717) is 31.5 Å². The van der Waals surface area contributed by atoms with Crippen LogP contribution in [0.4, 0.5) is 5.69 Å². The van der Waals surface area contributed by atoms with Gasteiger partial charge in [0, 0.05) is 31.9 Å². The van der Waals surface area contributed by atoms with E-state index in [4.69, 9.17) is 0 Å². The van der Waals surface area contributed by atoms with Crippen molar-refractivity contribution >= 4 is 27.5 Å². The number of carbonyl (C=O) groups is 2. The van der Waals surface area contributed by atoms with E-state index in [1.54, 1.807) is 42.5 Å². The zero-order valence-electron chi connectivity index (χ0n) is 18.1. The van der Waals surface area contributed by atoms with Crippen LogP contribution in [0.5, 0.6) is 0 Å². The Bertz CT molecular complexity index is 1050. The third kappa shape index (κ3) is 5.19. The minimum Gasteiger partial charge on any atom is -0.342 e. The van der Waals surface area contributed by atoms with E-state index >= 15 is 0 Å². The van der Waals surface area contributed by atoms with Gasteiger partial charge in [-0.25, -0.2) is 8.42 Å². The molecule has 0 saturated carbocycles. The van der Waals surface area contributed by atoms with Gasteiger partial charge in [0.2, 0.25) is 21.8 Å². The second-order valence-electron chi connectivity index (χ2n) is 8.47. The number of carbonyl (C=O) groups excluding carboxylic acids is 2. The molecular weight excluding hydrogens is 426 g/mol. The van der Waals surface area contributed by atoms with Crippen molar-refractivity contribution in [3.05, 3.63) is 60.2 Å². The number of amides is 2. The van der Waals surface area contributed by atoms with E-state index in [2.05, 4.69) is 5.32 Å². The predicted octanol–water partition coefficient (Wildman–Crippen LogP) is 2.89. The number of hydrogen-bond acceptors (Lipinski definition) is 4. The van der Waals surface area contributed by atoms with E-state index in [0.717, 1.165) is 31.5 Å². The number of likely N-dealkylation sites (tertiary alicyclic amines) is 1. The lowest BCUT2D eigenvalue weighted by atomic mass is 9.98. The summed E-state index contributed by atoms with van der Waals surface area (Å²) in [6.07, 6.45) is 3.80. The maximum atomic E-state index is 12.9. The van der Waals surface area contributed by atoms with E-state index in [1.165, 1.54) is 4.31 Å². The van der Waals surface area contributed by atoms with E-state index in [1.807, 2.05) is 17.0 Å². The highest BCUT2D eigenvalue weighted by atomic mass is 32.2. The molecule has 0 aromatic heterocycles. The van der Waals surface area contributed by atoms with Crippen LogP contribution in [0, 0.1) is 5.92 Å². The van der Waals surface area contributed by atoms with Crippen molar-refractivity contribution in [2.45, 2.75) is 37.0 Å². The average molecular weight is 456 g/mol. The van der Waals surface area contributed by atoms with Gasteiger partial charge in [0.1, 0.15) is 0 Å². The van der Waals surface area contributed by atoms with Crippen LogP contribution in [0.15, 0.2) is 59.5 Å². The molecule has 0 bridgehead atoms. The molecule has 7 nitrogen and oxygen atoms in total. The highest BCUT2D eigenvalue weighted by Crippen LogP contribution is 2.25. The summed E-state index contributed by atoms with van der Waals surface area (Å²) in [6.45, 7) is 2.27. The van der Waals surface area contributed by atoms with Crippen LogP contribution >= 0.6 is 0 Å². The van der Waals surface area contributed by atoms with Crippen molar-refractivity contribution in [2.24, 2.45) is 5.92 Å². The molecular formula is C24H29N3O4S. The quantitative estimate of drug-likeness (QED) is 0.726. The second-order valence-corrected chi connectivity index (χ2v) is 10.4. The summed E-state index contributed by atoms with van der Waals surface area (Å²) < 4.78 is 27.2. The zero-order valence-corrected chi connectivity index (χ0v) is 18.9. The molecule has 2 aliphatic rings. The normalized spacial score (nSPS) is 19.6. The first kappa shape index (κ1) is 22.5. The fraction of sp³-hybridized carbons (Fsp3) is 0.417. The van der Waals surface area contributed by atoms with Crippen LogP contribution in [0.25, 0.3) is 0 Å². The predicted molar refractivity (Wildman–Crippen MR) is 123 cm³/mol. The van der Waals surface area contributed by atoms with Crippen molar-refractivity contribution < 1.29 is 18.0 Å². The summed E-state index contributed by atoms with van der Waals surface area (Å²) in [7, 11) is -3.61. The molecule has 1 N–H and O–H groups in total. The fourth-order valence-corrected chi connectivity index (χ4v) is 5.86. The Morgan fingerprint density at radius 3 is 2.28 bits per heavy atom. The van der Waals surface area contributed by atoms with Crippen molar-refractivity contribution in [1.29, 1.82) is 0 Å². The topological polar surface area (TPSA) is 86.8 Å². The average Bonchev–Trinajstić information content (AvgIpc) is 3.36. The standard InChI is InChI=1S/C24H29N3O4S/c28-23(26-14-4-5-15-26)17-19-10-12-21(13-11-19)25-24(29)20-7-6-16-27(18-20)32(30,31)22-8-2-1-3-9-22/h1-3,8-13,20H,4-7,14-18H2,(H,25,29)/t20-/m1/s1. The summed E-state index contributed by atoms with van der Waals surface area (Å²) in [5.74, 6) is -0.446. The fourth-order valence-electron chi connectivity index (χ4n) is 4.32. The Kier molecular flexibility index (Phi) is 6.91. The number of piperidine rings is 1. The monoisotopic (exact) mass is 455 g/mol. The van der Waals surface area contributed by atoms with Gasteiger partial charge >= 0.3 is 0 Å². The Labute approximate surface area is 189 Å². The van der Waals surface area contributed by atoms with E-state index < -0.39 is 15.9 Å². The lowest BCUT2D eigenvalue weighted by Gasteiger charge is -2.31. The van der Waals surface area contributed by atoms with Crippen LogP contribution in [0.2, 0.25) is 0 Å². The summed E-state index contributed by atoms with van der Waals surface area (Å²) in [4.78, 5) is 27.3. The first-order chi connectivity index (χ1) is 15.4. The maximum Gasteiger partial charge on any atom is 0.243 e. The minimum atomic E-state index is -3.61. The molecule has 2 amide bonds. The van der Waals surface area contributed by atoms with Gasteiger partial charge in [-0.15, -0.1) is 0 Å². The maximum absolute atomic E-state index is 12.9. The smallest absolute Gasteiger partial charge is 0.243 e. The van der Waals surface area contributed by atoms with Gasteiger partial charge in [0.15, 0.2) is 0 Å². The van der Waals surface area contributed by atoms with Crippen molar-refractivity contribution in [3.63, 3.8) is 0 Å². The third-order valence-corrected chi connectivity index (χ3v) is 8.05. The first-order valence-corrected chi connectivity index (χ1v) is 12.6. The van der Waals surface area contributed by atoms with Gasteiger partial charge < -0.3 is 10.2 Å². The molecule has 2 heterocycles. The second kappa shape index (κ2) is 9.83. The molecule has 2 aromatic carbocycles. The Morgan fingerprint density at radius 1 is 0.906 bits per heavy atom. The summed E-state index contributed by atoms with van der Waals surface area (Å²) in [5, 5.41) is 2.90. The molecule has 2 aromatic rings. The van der Waals surface area contributed by atoms with Crippen LogP contribution < -0.4 is 5.32 Å². The van der Waals surface area contributed by atoms with Gasteiger partial charge in [0.05, 0.1) is 17.2 Å². The molecule has 32 heavy (non-hydrogen) atoms. The molecule has 0 radical (unpaired) electrons. The van der Waals surface area contributed by atoms with Gasteiger partial charge in [-0.3, -0.25) is 9.59 Å². The zero-order chi connectivity index (χ0) is 22.6. The van der Waals surface area contributed by atoms with Crippen LogP contribution in [0.3, 0.4) is 0 Å². The Balaban J connectivity index is 1.34. The number of nitrogens with one attached hydrogen (secondary N) is 1. The van der Waals surface area contributed by atoms with Crippen LogP contribution in [0.1, 0.15) is 31.2 Å². The molecule has 8 heteroatoms. The Hall–Kier alpha value is -2.71. The third-order valence-electron chi connectivity index (χ3n) is 6.17. The molecule has 2 fully saturated rings. The number of benzene rings is 2. The summed E-state index contributed by atoms with van der Waals surface area (Å²) >= 11 is 0. The largest absolute Gasteiger partial charge is 0.342 e. The number of anilines is 1. The van der Waals surface area contributed by atoms with Crippen LogP contribution in [-0.2, 0) is 26.0 Å². The highest BCUT2D eigenvalue weighted by molar-refractivity contribution is 7.89. The van der Waals surface area contributed by atoms with Gasteiger partial charge in [-0.2, -0.15) is 4.31 Å². The lowest BCUT2D eigenvalue weighted by molar-refractivity contribution is -0.129. The first-order valence-electron chi connectivity index (χ1n) is 11.2. The number of hydrogen-bond donors (Lipinski definition) is 1. The Morgan fingerprint density at radius 2 is 1.59 bits per heavy atom. The van der Waals surface area contributed by atoms with Gasteiger partial charge in [0.25, 0.3) is 0 Å². The molecule has 2 aliphatic heterocycles. The van der Waals surface area contributed by atoms with Crippen molar-refractivity contribution in [1.82, 2.24) is 9.21 Å². The summed E-state index contributed by atoms with van der Waals surface area (Å²) in [6, 6.07) is 15.6. The van der Waals surface area contributed by atoms with Crippen LogP contribution in [-0.4, -0.2) is 55.6 Å². The molecule has 170 valence electrons. The highest BCUT2D eigenvalue weighted by Gasteiger charge is 2.33. The van der Waals surface area contributed by atoms with E-state index in [9.17, 15) is 18.0 Å². The molecule has 0 unspecified atom stereocenters. The SMILES string of the molecule is O=C(Nc1ccc(CC(=O)N2CCCC2)cc1)[C@@H]1CCCN(S(=O)(=O)c2ccccc2)C1. The molecule has 1 atom stereocenters. The van der Waals surface area contributed by atoms with E-state index in [-0.39, 0.29) is 23.3 Å². The molecule has 0 aliphatic carbocycles. The minimum absolute atomic E-state index is 0.140.